The number of pyridine rings is 1. The number of carbonyl (C=O) groups is 2. The first-order chi connectivity index (χ1) is 11.4. The van der Waals surface area contributed by atoms with Gasteiger partial charge in [0.05, 0.1) is 6.04 Å². The first kappa shape index (κ1) is 15.6. The van der Waals surface area contributed by atoms with Crippen molar-refractivity contribution in [3.8, 4) is 0 Å². The van der Waals surface area contributed by atoms with Crippen LogP contribution in [-0.4, -0.2) is 51.3 Å². The van der Waals surface area contributed by atoms with Crippen molar-refractivity contribution >= 4 is 11.8 Å². The lowest BCUT2D eigenvalue weighted by Gasteiger charge is -2.49. The molecule has 2 aliphatic heterocycles. The van der Waals surface area contributed by atoms with Crippen LogP contribution in [0.15, 0.2) is 18.3 Å². The first-order valence-electron chi connectivity index (χ1n) is 8.95. The van der Waals surface area contributed by atoms with Gasteiger partial charge in [0.25, 0.3) is 5.91 Å². The molecule has 3 heterocycles. The summed E-state index contributed by atoms with van der Waals surface area (Å²) in [6.07, 6.45) is 5.86. The van der Waals surface area contributed by atoms with E-state index in [1.165, 1.54) is 0 Å². The minimum Gasteiger partial charge on any atom is -0.337 e. The molecule has 3 aliphatic rings. The van der Waals surface area contributed by atoms with E-state index in [4.69, 9.17) is 0 Å². The fourth-order valence-electron chi connectivity index (χ4n) is 5.48. The zero-order chi connectivity index (χ0) is 17.1. The SMILES string of the molecule is CC(=O)N1C[C@@H]2C[C@@]3(C)[C@H](CCC[C@@H]13)N2C(=O)c1ncccc1C. The third kappa shape index (κ3) is 2.03. The summed E-state index contributed by atoms with van der Waals surface area (Å²) in [6.45, 7) is 6.55. The topological polar surface area (TPSA) is 53.5 Å². The number of nitrogens with zero attached hydrogens (tertiary/aromatic N) is 3. The van der Waals surface area contributed by atoms with Crippen LogP contribution in [0.2, 0.25) is 0 Å². The monoisotopic (exact) mass is 327 g/mol. The molecule has 5 heteroatoms. The highest BCUT2D eigenvalue weighted by atomic mass is 16.2. The summed E-state index contributed by atoms with van der Waals surface area (Å²) in [7, 11) is 0. The molecule has 0 N–H and O–H groups in total. The van der Waals surface area contributed by atoms with Crippen LogP contribution in [0, 0.1) is 12.3 Å². The molecule has 1 aromatic rings. The molecule has 5 nitrogen and oxygen atoms in total. The van der Waals surface area contributed by atoms with Gasteiger partial charge < -0.3 is 9.80 Å². The van der Waals surface area contributed by atoms with Crippen molar-refractivity contribution < 1.29 is 9.59 Å². The highest BCUT2D eigenvalue weighted by Crippen LogP contribution is 2.54. The Balaban J connectivity index is 1.74. The maximum absolute atomic E-state index is 13.3. The zero-order valence-electron chi connectivity index (χ0n) is 14.7. The predicted molar refractivity (Wildman–Crippen MR) is 90.5 cm³/mol. The minimum absolute atomic E-state index is 0.0190. The van der Waals surface area contributed by atoms with Crippen molar-refractivity contribution in [1.82, 2.24) is 14.8 Å². The van der Waals surface area contributed by atoms with E-state index in [1.54, 1.807) is 13.1 Å². The number of likely N-dealkylation sites (tertiary alicyclic amines) is 2. The Labute approximate surface area is 143 Å². The molecule has 1 saturated carbocycles. The molecule has 2 saturated heterocycles. The molecular formula is C19H25N3O2. The van der Waals surface area contributed by atoms with E-state index in [2.05, 4.69) is 16.8 Å². The van der Waals surface area contributed by atoms with Gasteiger partial charge in [-0.05, 0) is 44.2 Å². The third-order valence-corrected chi connectivity index (χ3v) is 6.52. The van der Waals surface area contributed by atoms with Gasteiger partial charge in [-0.2, -0.15) is 0 Å². The van der Waals surface area contributed by atoms with E-state index in [9.17, 15) is 9.59 Å². The molecule has 24 heavy (non-hydrogen) atoms. The van der Waals surface area contributed by atoms with Crippen LogP contribution in [0.25, 0.3) is 0 Å². The van der Waals surface area contributed by atoms with Gasteiger partial charge in [0.15, 0.2) is 0 Å². The molecule has 1 aliphatic carbocycles. The van der Waals surface area contributed by atoms with Crippen molar-refractivity contribution in [3.63, 3.8) is 0 Å². The van der Waals surface area contributed by atoms with Crippen LogP contribution in [0.5, 0.6) is 0 Å². The van der Waals surface area contributed by atoms with E-state index in [0.29, 0.717) is 12.2 Å². The van der Waals surface area contributed by atoms with E-state index in [-0.39, 0.29) is 35.4 Å². The summed E-state index contributed by atoms with van der Waals surface area (Å²) in [5, 5.41) is 0. The first-order valence-corrected chi connectivity index (χ1v) is 8.95. The molecule has 2 bridgehead atoms. The second-order valence-corrected chi connectivity index (χ2v) is 7.88. The van der Waals surface area contributed by atoms with Crippen LogP contribution in [-0.2, 0) is 4.79 Å². The summed E-state index contributed by atoms with van der Waals surface area (Å²) in [5.74, 6) is 0.178. The van der Waals surface area contributed by atoms with Crippen molar-refractivity contribution in [1.29, 1.82) is 0 Å². The molecule has 128 valence electrons. The molecule has 2 amide bonds. The highest BCUT2D eigenvalue weighted by Gasteiger charge is 2.61. The van der Waals surface area contributed by atoms with Crippen LogP contribution >= 0.6 is 0 Å². The number of piperidine rings is 1. The largest absolute Gasteiger partial charge is 0.337 e. The van der Waals surface area contributed by atoms with E-state index in [1.807, 2.05) is 24.0 Å². The average Bonchev–Trinajstić information content (AvgIpc) is 2.84. The molecule has 0 aromatic carbocycles. The molecule has 1 aromatic heterocycles. The maximum atomic E-state index is 13.3. The van der Waals surface area contributed by atoms with Gasteiger partial charge in [0, 0.05) is 37.2 Å². The third-order valence-electron chi connectivity index (χ3n) is 6.52. The van der Waals surface area contributed by atoms with Gasteiger partial charge >= 0.3 is 0 Å². The fourth-order valence-corrected chi connectivity index (χ4v) is 5.48. The summed E-state index contributed by atoms with van der Waals surface area (Å²) in [6, 6.07) is 4.42. The predicted octanol–water partition coefficient (Wildman–Crippen LogP) is 2.39. The van der Waals surface area contributed by atoms with Crippen molar-refractivity contribution in [2.75, 3.05) is 6.54 Å². The Hall–Kier alpha value is -1.91. The maximum Gasteiger partial charge on any atom is 0.273 e. The number of hydrogen-bond acceptors (Lipinski definition) is 3. The normalized spacial score (nSPS) is 34.4. The number of hydrogen-bond donors (Lipinski definition) is 0. The second-order valence-electron chi connectivity index (χ2n) is 7.88. The Morgan fingerprint density at radius 2 is 2.04 bits per heavy atom. The van der Waals surface area contributed by atoms with Gasteiger partial charge in [-0.15, -0.1) is 0 Å². The summed E-state index contributed by atoms with van der Waals surface area (Å²) < 4.78 is 0. The van der Waals surface area contributed by atoms with E-state index >= 15 is 0 Å². The standard InChI is InChI=1S/C19H25N3O2/c1-12-6-5-9-20-17(12)18(24)22-14-10-19(3)15(7-4-8-16(19)22)21(11-14)13(2)23/h5-6,9,14-16H,4,7-8,10-11H2,1-3H3/t14-,15+,16-,19+/m0/s1. The van der Waals surface area contributed by atoms with Crippen LogP contribution in [0.4, 0.5) is 0 Å². The van der Waals surface area contributed by atoms with Gasteiger partial charge in [0.2, 0.25) is 5.91 Å². The molecule has 4 atom stereocenters. The quantitative estimate of drug-likeness (QED) is 0.796. The van der Waals surface area contributed by atoms with E-state index < -0.39 is 0 Å². The van der Waals surface area contributed by atoms with Crippen LogP contribution in [0.3, 0.4) is 0 Å². The van der Waals surface area contributed by atoms with Gasteiger partial charge in [-0.25, -0.2) is 0 Å². The number of aromatic nitrogens is 1. The molecule has 3 fully saturated rings. The number of fused-ring (bicyclic) bond motifs is 1. The molecular weight excluding hydrogens is 302 g/mol. The lowest BCUT2D eigenvalue weighted by molar-refractivity contribution is -0.137. The van der Waals surface area contributed by atoms with Gasteiger partial charge in [-0.3, -0.25) is 14.6 Å². The number of amides is 2. The minimum atomic E-state index is 0.0190. The smallest absolute Gasteiger partial charge is 0.273 e. The summed E-state index contributed by atoms with van der Waals surface area (Å²) in [5.41, 5.74) is 1.50. The molecule has 0 radical (unpaired) electrons. The van der Waals surface area contributed by atoms with Crippen molar-refractivity contribution in [3.05, 3.63) is 29.6 Å². The number of rotatable bonds is 1. The molecule has 4 rings (SSSR count). The molecule has 0 unspecified atom stereocenters. The summed E-state index contributed by atoms with van der Waals surface area (Å²) in [4.78, 5) is 33.9. The van der Waals surface area contributed by atoms with Gasteiger partial charge in [-0.1, -0.05) is 13.0 Å². The van der Waals surface area contributed by atoms with Crippen molar-refractivity contribution in [2.24, 2.45) is 5.41 Å². The Kier molecular flexibility index (Phi) is 3.44. The van der Waals surface area contributed by atoms with Crippen LogP contribution < -0.4 is 0 Å². The fraction of sp³-hybridized carbons (Fsp3) is 0.632. The average molecular weight is 327 g/mol. The Morgan fingerprint density at radius 1 is 1.29 bits per heavy atom. The Morgan fingerprint density at radius 3 is 2.75 bits per heavy atom. The number of carbonyl (C=O) groups excluding carboxylic acids is 2. The second kappa shape index (κ2) is 5.30. The highest BCUT2D eigenvalue weighted by molar-refractivity contribution is 5.94. The zero-order valence-corrected chi connectivity index (χ0v) is 14.7. The van der Waals surface area contributed by atoms with Crippen molar-refractivity contribution in [2.45, 2.75) is 64.6 Å². The number of aryl methyl sites for hydroxylation is 1. The van der Waals surface area contributed by atoms with Crippen LogP contribution in [0.1, 0.15) is 55.6 Å². The molecule has 0 spiro atoms. The van der Waals surface area contributed by atoms with E-state index in [0.717, 1.165) is 31.2 Å². The van der Waals surface area contributed by atoms with Gasteiger partial charge in [0.1, 0.15) is 5.69 Å². The Bertz CT molecular complexity index is 704. The summed E-state index contributed by atoms with van der Waals surface area (Å²) >= 11 is 0. The lowest BCUT2D eigenvalue weighted by atomic mass is 9.66. The lowest BCUT2D eigenvalue weighted by Crippen LogP contribution is -2.57.